The maximum Gasteiger partial charge on any atom is 0.226 e. The average molecular weight is 451 g/mol. The van der Waals surface area contributed by atoms with Crippen LogP contribution in [-0.4, -0.2) is 35.5 Å². The lowest BCUT2D eigenvalue weighted by atomic mass is 9.86. The number of amides is 1. The van der Waals surface area contributed by atoms with E-state index in [9.17, 15) is 4.79 Å². The van der Waals surface area contributed by atoms with Gasteiger partial charge in [-0.1, -0.05) is 42.5 Å². The Kier molecular flexibility index (Phi) is 4.80. The Hall–Kier alpha value is -4.53. The van der Waals surface area contributed by atoms with Gasteiger partial charge in [0, 0.05) is 17.9 Å². The molecule has 1 N–H and O–H groups in total. The first-order valence-corrected chi connectivity index (χ1v) is 11.0. The van der Waals surface area contributed by atoms with E-state index in [1.807, 2.05) is 73.7 Å². The van der Waals surface area contributed by atoms with Gasteiger partial charge in [0.25, 0.3) is 0 Å². The molecular weight excluding hydrogens is 430 g/mol. The molecule has 0 saturated heterocycles. The maximum atomic E-state index is 12.7. The number of hydrogen-bond acceptors (Lipinski definition) is 6. The van der Waals surface area contributed by atoms with Crippen LogP contribution in [0.5, 0.6) is 5.75 Å². The highest BCUT2D eigenvalue weighted by Gasteiger charge is 2.33. The second-order valence-corrected chi connectivity index (χ2v) is 8.24. The van der Waals surface area contributed by atoms with Crippen molar-refractivity contribution < 1.29 is 9.53 Å². The number of hydrogen-bond donors (Lipinski definition) is 1. The SMILES string of the molecule is Cc1nn(-c2ccc3nncn3n2)c2c1[C@@H](c1cccc(OCc3ccccc3)c1)CC(=O)N2. The van der Waals surface area contributed by atoms with Gasteiger partial charge in [-0.3, -0.25) is 4.79 Å². The predicted molar refractivity (Wildman–Crippen MR) is 125 cm³/mol. The number of carbonyl (C=O) groups excluding carboxylic acids is 1. The van der Waals surface area contributed by atoms with Gasteiger partial charge in [-0.2, -0.15) is 14.3 Å². The third-order valence-electron chi connectivity index (χ3n) is 5.98. The molecule has 0 aliphatic carbocycles. The number of anilines is 1. The van der Waals surface area contributed by atoms with Crippen LogP contribution in [0, 0.1) is 6.92 Å². The van der Waals surface area contributed by atoms with E-state index in [4.69, 9.17) is 9.84 Å². The number of carbonyl (C=O) groups is 1. The number of aromatic nitrogens is 6. The summed E-state index contributed by atoms with van der Waals surface area (Å²) in [5, 5.41) is 20.1. The van der Waals surface area contributed by atoms with Crippen LogP contribution in [0.1, 0.15) is 34.7 Å². The number of benzene rings is 2. The van der Waals surface area contributed by atoms with Gasteiger partial charge in [-0.25, -0.2) is 0 Å². The van der Waals surface area contributed by atoms with Crippen LogP contribution in [0.3, 0.4) is 0 Å². The summed E-state index contributed by atoms with van der Waals surface area (Å²) in [7, 11) is 0. The summed E-state index contributed by atoms with van der Waals surface area (Å²) in [5.74, 6) is 1.75. The second-order valence-electron chi connectivity index (χ2n) is 8.24. The fourth-order valence-corrected chi connectivity index (χ4v) is 4.39. The molecule has 1 aliphatic heterocycles. The van der Waals surface area contributed by atoms with Crippen LogP contribution in [0.2, 0.25) is 0 Å². The lowest BCUT2D eigenvalue weighted by molar-refractivity contribution is -0.116. The number of nitrogens with zero attached hydrogens (tertiary/aromatic N) is 6. The van der Waals surface area contributed by atoms with E-state index in [1.165, 1.54) is 6.33 Å². The third-order valence-corrected chi connectivity index (χ3v) is 5.98. The second kappa shape index (κ2) is 8.11. The van der Waals surface area contributed by atoms with Crippen LogP contribution in [0.4, 0.5) is 5.82 Å². The molecule has 0 unspecified atom stereocenters. The van der Waals surface area contributed by atoms with Crippen molar-refractivity contribution in [1.29, 1.82) is 0 Å². The molecule has 9 nitrogen and oxygen atoms in total. The zero-order valence-electron chi connectivity index (χ0n) is 18.4. The standard InChI is InChI=1S/C25H21N7O2/c1-16-24-20(18-8-5-9-19(12-18)34-14-17-6-3-2-4-7-17)13-23(33)27-25(24)32(29-16)22-11-10-21-28-26-15-31(21)30-22/h2-12,15,20H,13-14H2,1H3,(H,27,33)/t20-/m1/s1. The van der Waals surface area contributed by atoms with Gasteiger partial charge < -0.3 is 10.1 Å². The van der Waals surface area contributed by atoms with Gasteiger partial charge in [-0.15, -0.1) is 15.3 Å². The Bertz CT molecular complexity index is 1510. The molecule has 3 aromatic heterocycles. The summed E-state index contributed by atoms with van der Waals surface area (Å²) in [6.07, 6.45) is 1.86. The van der Waals surface area contributed by atoms with Crippen molar-refractivity contribution in [3.05, 3.63) is 95.4 Å². The molecule has 0 saturated carbocycles. The van der Waals surface area contributed by atoms with Crippen molar-refractivity contribution in [1.82, 2.24) is 29.6 Å². The van der Waals surface area contributed by atoms with Crippen LogP contribution in [0.15, 0.2) is 73.1 Å². The molecule has 0 spiro atoms. The van der Waals surface area contributed by atoms with Crippen LogP contribution < -0.4 is 10.1 Å². The lowest BCUT2D eigenvalue weighted by Gasteiger charge is -2.24. The quantitative estimate of drug-likeness (QED) is 0.438. The summed E-state index contributed by atoms with van der Waals surface area (Å²) >= 11 is 0. The minimum atomic E-state index is -0.142. The number of ether oxygens (including phenoxy) is 1. The zero-order chi connectivity index (χ0) is 23.1. The number of nitrogens with one attached hydrogen (secondary N) is 1. The van der Waals surface area contributed by atoms with Gasteiger partial charge in [0.1, 0.15) is 24.5 Å². The van der Waals surface area contributed by atoms with E-state index in [2.05, 4.69) is 20.6 Å². The zero-order valence-corrected chi connectivity index (χ0v) is 18.4. The van der Waals surface area contributed by atoms with Crippen molar-refractivity contribution >= 4 is 17.4 Å². The van der Waals surface area contributed by atoms with Gasteiger partial charge >= 0.3 is 0 Å². The Balaban J connectivity index is 1.36. The number of aryl methyl sites for hydroxylation is 1. The highest BCUT2D eigenvalue weighted by Crippen LogP contribution is 2.40. The topological polar surface area (TPSA) is 99.2 Å². The van der Waals surface area contributed by atoms with Crippen LogP contribution in [-0.2, 0) is 11.4 Å². The third kappa shape index (κ3) is 3.57. The molecule has 1 aliphatic rings. The van der Waals surface area contributed by atoms with Gasteiger partial charge in [0.15, 0.2) is 11.5 Å². The highest BCUT2D eigenvalue weighted by atomic mass is 16.5. The number of rotatable bonds is 5. The van der Waals surface area contributed by atoms with Gasteiger partial charge in [0.2, 0.25) is 5.91 Å². The summed E-state index contributed by atoms with van der Waals surface area (Å²) in [6.45, 7) is 2.43. The van der Waals surface area contributed by atoms with Gasteiger partial charge in [-0.05, 0) is 42.3 Å². The Morgan fingerprint density at radius 2 is 1.94 bits per heavy atom. The number of fused-ring (bicyclic) bond motifs is 2. The van der Waals surface area contributed by atoms with Crippen molar-refractivity contribution in [3.8, 4) is 11.6 Å². The normalized spacial score (nSPS) is 15.2. The molecule has 4 heterocycles. The van der Waals surface area contributed by atoms with Gasteiger partial charge in [0.05, 0.1) is 5.69 Å². The fraction of sp³-hybridized carbons (Fsp3) is 0.160. The molecule has 168 valence electrons. The Morgan fingerprint density at radius 3 is 2.82 bits per heavy atom. The summed E-state index contributed by atoms with van der Waals surface area (Å²) in [5.41, 5.74) is 4.55. The van der Waals surface area contributed by atoms with Crippen LogP contribution >= 0.6 is 0 Å². The molecule has 9 heteroatoms. The molecule has 5 aromatic rings. The maximum absolute atomic E-state index is 12.7. The highest BCUT2D eigenvalue weighted by molar-refractivity contribution is 5.95. The Labute approximate surface area is 195 Å². The summed E-state index contributed by atoms with van der Waals surface area (Å²) < 4.78 is 9.28. The fourth-order valence-electron chi connectivity index (χ4n) is 4.39. The molecule has 1 atom stereocenters. The first-order chi connectivity index (χ1) is 16.7. The van der Waals surface area contributed by atoms with E-state index >= 15 is 0 Å². The Morgan fingerprint density at radius 1 is 1.06 bits per heavy atom. The van der Waals surface area contributed by atoms with Crippen LogP contribution in [0.25, 0.3) is 11.5 Å². The largest absolute Gasteiger partial charge is 0.489 e. The molecule has 6 rings (SSSR count). The first-order valence-electron chi connectivity index (χ1n) is 11.0. The lowest BCUT2D eigenvalue weighted by Crippen LogP contribution is -2.25. The van der Waals surface area contributed by atoms with E-state index in [1.54, 1.807) is 9.20 Å². The summed E-state index contributed by atoms with van der Waals surface area (Å²) in [4.78, 5) is 12.7. The monoisotopic (exact) mass is 451 g/mol. The first kappa shape index (κ1) is 20.1. The molecule has 2 aromatic carbocycles. The molecule has 34 heavy (non-hydrogen) atoms. The minimum Gasteiger partial charge on any atom is -0.489 e. The average Bonchev–Trinajstić information content (AvgIpc) is 3.47. The molecular formula is C25H21N7O2. The molecule has 0 bridgehead atoms. The smallest absolute Gasteiger partial charge is 0.226 e. The van der Waals surface area contributed by atoms with Crippen molar-refractivity contribution in [3.63, 3.8) is 0 Å². The van der Waals surface area contributed by atoms with E-state index in [-0.39, 0.29) is 11.8 Å². The van der Waals surface area contributed by atoms with Crippen molar-refractivity contribution in [2.24, 2.45) is 0 Å². The van der Waals surface area contributed by atoms with Crippen molar-refractivity contribution in [2.45, 2.75) is 25.9 Å². The summed E-state index contributed by atoms with van der Waals surface area (Å²) in [6, 6.07) is 21.6. The molecule has 0 radical (unpaired) electrons. The molecule has 0 fully saturated rings. The van der Waals surface area contributed by atoms with Crippen molar-refractivity contribution in [2.75, 3.05) is 5.32 Å². The predicted octanol–water partition coefficient (Wildman–Crippen LogP) is 3.67. The van der Waals surface area contributed by atoms with E-state index in [0.29, 0.717) is 30.3 Å². The minimum absolute atomic E-state index is 0.0698. The molecule has 1 amide bonds. The van der Waals surface area contributed by atoms with E-state index < -0.39 is 0 Å². The van der Waals surface area contributed by atoms with E-state index in [0.717, 1.165) is 28.1 Å².